The van der Waals surface area contributed by atoms with Crippen LogP contribution in [0.3, 0.4) is 0 Å². The lowest BCUT2D eigenvalue weighted by Crippen LogP contribution is -2.31. The van der Waals surface area contributed by atoms with Crippen molar-refractivity contribution in [2.75, 3.05) is 13.1 Å². The van der Waals surface area contributed by atoms with Gasteiger partial charge >= 0.3 is 0 Å². The number of Topliss-reactive ketones (excluding diaryl/α,β-unsaturated/α-hetero) is 1. The minimum absolute atomic E-state index is 0.0936. The molecule has 126 valence electrons. The standard InChI is InChI=1S/C17H18N2O4S/c1-13(20)14-5-7-16(8-6-14)24(21,22)19-11-9-15(12-19)23-17-4-2-3-10-18-17/h2-8,10,15H,9,11-12H2,1H3/t15-/m1/s1. The Morgan fingerprint density at radius 1 is 1.21 bits per heavy atom. The molecule has 1 atom stereocenters. The largest absolute Gasteiger partial charge is 0.473 e. The van der Waals surface area contributed by atoms with E-state index in [9.17, 15) is 13.2 Å². The Morgan fingerprint density at radius 2 is 1.96 bits per heavy atom. The molecule has 0 unspecified atom stereocenters. The number of ether oxygens (including phenoxy) is 1. The Morgan fingerprint density at radius 3 is 2.58 bits per heavy atom. The average Bonchev–Trinajstić information content (AvgIpc) is 3.05. The van der Waals surface area contributed by atoms with E-state index in [0.717, 1.165) is 0 Å². The summed E-state index contributed by atoms with van der Waals surface area (Å²) >= 11 is 0. The predicted molar refractivity (Wildman–Crippen MR) is 88.5 cm³/mol. The number of rotatable bonds is 5. The first-order chi connectivity index (χ1) is 11.5. The van der Waals surface area contributed by atoms with E-state index in [4.69, 9.17) is 4.74 Å². The Hall–Kier alpha value is -2.25. The molecule has 2 heterocycles. The highest BCUT2D eigenvalue weighted by Gasteiger charge is 2.33. The molecule has 6 nitrogen and oxygen atoms in total. The van der Waals surface area contributed by atoms with E-state index in [2.05, 4.69) is 4.98 Å². The fraction of sp³-hybridized carbons (Fsp3) is 0.294. The molecule has 3 rings (SSSR count). The fourth-order valence-corrected chi connectivity index (χ4v) is 4.10. The summed E-state index contributed by atoms with van der Waals surface area (Å²) in [7, 11) is -3.58. The van der Waals surface area contributed by atoms with Crippen molar-refractivity contribution >= 4 is 15.8 Å². The molecule has 2 aromatic rings. The van der Waals surface area contributed by atoms with Crippen LogP contribution in [0.5, 0.6) is 5.88 Å². The molecule has 0 aliphatic carbocycles. The van der Waals surface area contributed by atoms with Gasteiger partial charge in [0.15, 0.2) is 5.78 Å². The maximum atomic E-state index is 12.7. The quantitative estimate of drug-likeness (QED) is 0.775. The number of carbonyl (C=O) groups excluding carboxylic acids is 1. The molecule has 1 fully saturated rings. The highest BCUT2D eigenvalue weighted by Crippen LogP contribution is 2.23. The third-order valence-electron chi connectivity index (χ3n) is 3.93. The van der Waals surface area contributed by atoms with Crippen molar-refractivity contribution in [3.63, 3.8) is 0 Å². The van der Waals surface area contributed by atoms with E-state index in [0.29, 0.717) is 24.4 Å². The van der Waals surface area contributed by atoms with Gasteiger partial charge in [0.2, 0.25) is 15.9 Å². The first-order valence-corrected chi connectivity index (χ1v) is 9.09. The van der Waals surface area contributed by atoms with E-state index < -0.39 is 10.0 Å². The molecule has 7 heteroatoms. The number of aromatic nitrogens is 1. The third-order valence-corrected chi connectivity index (χ3v) is 5.81. The van der Waals surface area contributed by atoms with Crippen molar-refractivity contribution in [2.45, 2.75) is 24.3 Å². The molecule has 0 bridgehead atoms. The smallest absolute Gasteiger partial charge is 0.243 e. The molecule has 0 spiro atoms. The van der Waals surface area contributed by atoms with Gasteiger partial charge in [0.25, 0.3) is 0 Å². The molecular weight excluding hydrogens is 328 g/mol. The van der Waals surface area contributed by atoms with Gasteiger partial charge in [-0.1, -0.05) is 18.2 Å². The van der Waals surface area contributed by atoms with Gasteiger partial charge in [0.05, 0.1) is 11.4 Å². The van der Waals surface area contributed by atoms with Gasteiger partial charge in [0, 0.05) is 24.4 Å². The third kappa shape index (κ3) is 3.47. The summed E-state index contributed by atoms with van der Waals surface area (Å²) < 4.78 is 32.5. The zero-order valence-corrected chi connectivity index (χ0v) is 14.1. The number of hydrogen-bond acceptors (Lipinski definition) is 5. The van der Waals surface area contributed by atoms with Crippen molar-refractivity contribution in [1.29, 1.82) is 0 Å². The average molecular weight is 346 g/mol. The zero-order chi connectivity index (χ0) is 17.2. The summed E-state index contributed by atoms with van der Waals surface area (Å²) in [6.45, 7) is 2.13. The van der Waals surface area contributed by atoms with E-state index in [-0.39, 0.29) is 23.3 Å². The SMILES string of the molecule is CC(=O)c1ccc(S(=O)(=O)N2CC[C@@H](Oc3ccccn3)C2)cc1. The Labute approximate surface area is 141 Å². The number of sulfonamides is 1. The van der Waals surface area contributed by atoms with E-state index in [1.807, 2.05) is 6.07 Å². The van der Waals surface area contributed by atoms with E-state index in [1.165, 1.54) is 35.5 Å². The lowest BCUT2D eigenvalue weighted by Gasteiger charge is -2.17. The molecule has 1 aliphatic heterocycles. The normalized spacial score (nSPS) is 18.5. The van der Waals surface area contributed by atoms with Crippen molar-refractivity contribution in [3.05, 3.63) is 54.2 Å². The molecule has 1 aliphatic rings. The second-order valence-electron chi connectivity index (χ2n) is 5.64. The first-order valence-electron chi connectivity index (χ1n) is 7.65. The van der Waals surface area contributed by atoms with Gasteiger partial charge in [-0.15, -0.1) is 0 Å². The van der Waals surface area contributed by atoms with Crippen LogP contribution in [0.25, 0.3) is 0 Å². The Kier molecular flexibility index (Phi) is 4.64. The second-order valence-corrected chi connectivity index (χ2v) is 7.58. The van der Waals surface area contributed by atoms with Crippen LogP contribution in [0.15, 0.2) is 53.6 Å². The highest BCUT2D eigenvalue weighted by molar-refractivity contribution is 7.89. The minimum atomic E-state index is -3.58. The van der Waals surface area contributed by atoms with Gasteiger partial charge in [-0.2, -0.15) is 4.31 Å². The maximum Gasteiger partial charge on any atom is 0.243 e. The number of nitrogens with zero attached hydrogens (tertiary/aromatic N) is 2. The molecule has 0 saturated carbocycles. The Bertz CT molecular complexity index is 819. The number of benzene rings is 1. The summed E-state index contributed by atoms with van der Waals surface area (Å²) in [4.78, 5) is 15.6. The first kappa shape index (κ1) is 16.6. The fourth-order valence-electron chi connectivity index (χ4n) is 2.61. The molecule has 1 aromatic heterocycles. The van der Waals surface area contributed by atoms with Crippen LogP contribution in [0.4, 0.5) is 0 Å². The van der Waals surface area contributed by atoms with Crippen molar-refractivity contribution < 1.29 is 17.9 Å². The zero-order valence-electron chi connectivity index (χ0n) is 13.3. The number of carbonyl (C=O) groups is 1. The summed E-state index contributed by atoms with van der Waals surface area (Å²) in [5.74, 6) is 0.400. The maximum absolute atomic E-state index is 12.7. The second kappa shape index (κ2) is 6.70. The molecule has 0 N–H and O–H groups in total. The van der Waals surface area contributed by atoms with Crippen LogP contribution >= 0.6 is 0 Å². The highest BCUT2D eigenvalue weighted by atomic mass is 32.2. The molecule has 1 saturated heterocycles. The lowest BCUT2D eigenvalue weighted by atomic mass is 10.2. The van der Waals surface area contributed by atoms with Crippen LogP contribution in [0.2, 0.25) is 0 Å². The topological polar surface area (TPSA) is 76.6 Å². The summed E-state index contributed by atoms with van der Waals surface area (Å²) in [5, 5.41) is 0. The van der Waals surface area contributed by atoms with Gasteiger partial charge in [-0.25, -0.2) is 13.4 Å². The van der Waals surface area contributed by atoms with Crippen LogP contribution in [-0.2, 0) is 10.0 Å². The van der Waals surface area contributed by atoms with E-state index in [1.54, 1.807) is 18.3 Å². The summed E-state index contributed by atoms with van der Waals surface area (Å²) in [5.41, 5.74) is 0.492. The minimum Gasteiger partial charge on any atom is -0.473 e. The van der Waals surface area contributed by atoms with Gasteiger partial charge in [-0.05, 0) is 31.5 Å². The van der Waals surface area contributed by atoms with E-state index >= 15 is 0 Å². The van der Waals surface area contributed by atoms with Crippen molar-refractivity contribution in [3.8, 4) is 5.88 Å². The predicted octanol–water partition coefficient (Wildman–Crippen LogP) is 2.13. The number of hydrogen-bond donors (Lipinski definition) is 0. The van der Waals surface area contributed by atoms with Crippen LogP contribution in [0, 0.1) is 0 Å². The van der Waals surface area contributed by atoms with Crippen LogP contribution < -0.4 is 4.74 Å². The van der Waals surface area contributed by atoms with Gasteiger partial charge in [0.1, 0.15) is 6.10 Å². The summed E-state index contributed by atoms with van der Waals surface area (Å²) in [6, 6.07) is 11.4. The molecule has 24 heavy (non-hydrogen) atoms. The monoisotopic (exact) mass is 346 g/mol. The lowest BCUT2D eigenvalue weighted by molar-refractivity contribution is 0.101. The molecule has 1 aromatic carbocycles. The summed E-state index contributed by atoms with van der Waals surface area (Å²) in [6.07, 6.45) is 2.03. The van der Waals surface area contributed by atoms with Crippen molar-refractivity contribution in [2.24, 2.45) is 0 Å². The number of ketones is 1. The van der Waals surface area contributed by atoms with Gasteiger partial charge in [-0.3, -0.25) is 4.79 Å². The van der Waals surface area contributed by atoms with Gasteiger partial charge < -0.3 is 4.74 Å². The molecule has 0 radical (unpaired) electrons. The molecule has 0 amide bonds. The Balaban J connectivity index is 1.71. The van der Waals surface area contributed by atoms with Crippen LogP contribution in [-0.4, -0.2) is 42.7 Å². The van der Waals surface area contributed by atoms with Crippen LogP contribution in [0.1, 0.15) is 23.7 Å². The van der Waals surface area contributed by atoms with Crippen molar-refractivity contribution in [1.82, 2.24) is 9.29 Å². The number of pyridine rings is 1. The molecular formula is C17H18N2O4S.